The van der Waals surface area contributed by atoms with E-state index in [1.807, 2.05) is 0 Å². The summed E-state index contributed by atoms with van der Waals surface area (Å²) in [5.74, 6) is 0.317. The van der Waals surface area contributed by atoms with E-state index < -0.39 is 13.0 Å². The van der Waals surface area contributed by atoms with Crippen LogP contribution in [0.15, 0.2) is 0 Å². The standard InChI is InChI=1S/C10H18F2N2O/c11-9(12)7-14-10(15)2-1-8-3-5-13-6-4-8/h8-9,13H,1-7H2,(H,14,15). The minimum atomic E-state index is -2.45. The fourth-order valence-electron chi connectivity index (χ4n) is 1.78. The third-order valence-corrected chi connectivity index (χ3v) is 2.69. The van der Waals surface area contributed by atoms with Gasteiger partial charge >= 0.3 is 0 Å². The van der Waals surface area contributed by atoms with Crippen LogP contribution < -0.4 is 10.6 Å². The summed E-state index contributed by atoms with van der Waals surface area (Å²) in [5.41, 5.74) is 0. The van der Waals surface area contributed by atoms with Gasteiger partial charge in [0.05, 0.1) is 6.54 Å². The molecule has 0 saturated carbocycles. The van der Waals surface area contributed by atoms with Gasteiger partial charge in [0, 0.05) is 6.42 Å². The van der Waals surface area contributed by atoms with Crippen LogP contribution in [0, 0.1) is 5.92 Å². The van der Waals surface area contributed by atoms with Crippen LogP contribution in [0.2, 0.25) is 0 Å². The Labute approximate surface area is 88.6 Å². The van der Waals surface area contributed by atoms with Crippen LogP contribution in [0.5, 0.6) is 0 Å². The van der Waals surface area contributed by atoms with E-state index in [0.717, 1.165) is 32.4 Å². The number of rotatable bonds is 5. The Balaban J connectivity index is 2.05. The number of nitrogens with one attached hydrogen (secondary N) is 2. The minimum Gasteiger partial charge on any atom is -0.350 e. The van der Waals surface area contributed by atoms with Gasteiger partial charge in [-0.15, -0.1) is 0 Å². The van der Waals surface area contributed by atoms with Crippen molar-refractivity contribution in [1.82, 2.24) is 10.6 Å². The maximum atomic E-state index is 11.8. The van der Waals surface area contributed by atoms with E-state index in [1.165, 1.54) is 0 Å². The van der Waals surface area contributed by atoms with Crippen LogP contribution in [0.3, 0.4) is 0 Å². The number of carbonyl (C=O) groups is 1. The van der Waals surface area contributed by atoms with Gasteiger partial charge in [0.15, 0.2) is 0 Å². The van der Waals surface area contributed by atoms with Gasteiger partial charge in [-0.1, -0.05) is 0 Å². The van der Waals surface area contributed by atoms with Gasteiger partial charge in [-0.2, -0.15) is 0 Å². The third kappa shape index (κ3) is 5.67. The number of hydrogen-bond acceptors (Lipinski definition) is 2. The highest BCUT2D eigenvalue weighted by Crippen LogP contribution is 2.17. The number of halogens is 2. The lowest BCUT2D eigenvalue weighted by Crippen LogP contribution is -2.31. The van der Waals surface area contributed by atoms with E-state index in [1.54, 1.807) is 0 Å². The van der Waals surface area contributed by atoms with Crippen molar-refractivity contribution < 1.29 is 13.6 Å². The number of amides is 1. The maximum Gasteiger partial charge on any atom is 0.255 e. The lowest BCUT2D eigenvalue weighted by molar-refractivity contribution is -0.122. The summed E-state index contributed by atoms with van der Waals surface area (Å²) < 4.78 is 23.5. The molecule has 3 nitrogen and oxygen atoms in total. The van der Waals surface area contributed by atoms with Crippen LogP contribution in [0.1, 0.15) is 25.7 Å². The normalized spacial score (nSPS) is 18.1. The molecule has 0 radical (unpaired) electrons. The van der Waals surface area contributed by atoms with Crippen molar-refractivity contribution in [2.24, 2.45) is 5.92 Å². The van der Waals surface area contributed by atoms with Crippen molar-refractivity contribution in [1.29, 1.82) is 0 Å². The molecule has 88 valence electrons. The zero-order valence-electron chi connectivity index (χ0n) is 8.77. The van der Waals surface area contributed by atoms with Crippen molar-refractivity contribution in [3.8, 4) is 0 Å². The molecule has 1 saturated heterocycles. The van der Waals surface area contributed by atoms with Crippen molar-refractivity contribution >= 4 is 5.91 Å². The van der Waals surface area contributed by atoms with E-state index in [-0.39, 0.29) is 5.91 Å². The average molecular weight is 220 g/mol. The summed E-state index contributed by atoms with van der Waals surface area (Å²) in [6, 6.07) is 0. The van der Waals surface area contributed by atoms with Crippen LogP contribution in [0.25, 0.3) is 0 Å². The largest absolute Gasteiger partial charge is 0.350 e. The molecule has 15 heavy (non-hydrogen) atoms. The smallest absolute Gasteiger partial charge is 0.255 e. The zero-order valence-corrected chi connectivity index (χ0v) is 8.77. The maximum absolute atomic E-state index is 11.8. The number of hydrogen-bond donors (Lipinski definition) is 2. The number of carbonyl (C=O) groups excluding carboxylic acids is 1. The van der Waals surface area contributed by atoms with E-state index in [4.69, 9.17) is 0 Å². The average Bonchev–Trinajstić information content (AvgIpc) is 2.25. The quantitative estimate of drug-likeness (QED) is 0.729. The van der Waals surface area contributed by atoms with E-state index in [9.17, 15) is 13.6 Å². The first-order chi connectivity index (χ1) is 7.18. The topological polar surface area (TPSA) is 41.1 Å². The molecule has 0 aliphatic carbocycles. The fourth-order valence-corrected chi connectivity index (χ4v) is 1.78. The second kappa shape index (κ2) is 6.71. The molecule has 0 bridgehead atoms. The van der Waals surface area contributed by atoms with Gasteiger partial charge in [0.2, 0.25) is 5.91 Å². The second-order valence-electron chi connectivity index (χ2n) is 3.93. The Morgan fingerprint density at radius 2 is 2.07 bits per heavy atom. The van der Waals surface area contributed by atoms with Crippen LogP contribution in [0.4, 0.5) is 8.78 Å². The lowest BCUT2D eigenvalue weighted by atomic mass is 9.93. The predicted molar refractivity (Wildman–Crippen MR) is 53.8 cm³/mol. The molecule has 0 atom stereocenters. The highest BCUT2D eigenvalue weighted by Gasteiger charge is 2.14. The Morgan fingerprint density at radius 3 is 2.67 bits per heavy atom. The molecule has 0 aromatic carbocycles. The molecule has 1 rings (SSSR count). The van der Waals surface area contributed by atoms with Gasteiger partial charge < -0.3 is 10.6 Å². The molecule has 1 aliphatic heterocycles. The molecule has 0 aromatic heterocycles. The van der Waals surface area contributed by atoms with Gasteiger partial charge in [0.1, 0.15) is 0 Å². The SMILES string of the molecule is O=C(CCC1CCNCC1)NCC(F)F. The Morgan fingerprint density at radius 1 is 1.40 bits per heavy atom. The summed E-state index contributed by atoms with van der Waals surface area (Å²) in [4.78, 5) is 11.1. The highest BCUT2D eigenvalue weighted by molar-refractivity contribution is 5.75. The molecule has 1 heterocycles. The Kier molecular flexibility index (Phi) is 5.53. The molecule has 1 aliphatic rings. The molecular weight excluding hydrogens is 202 g/mol. The van der Waals surface area contributed by atoms with E-state index in [0.29, 0.717) is 12.3 Å². The van der Waals surface area contributed by atoms with E-state index in [2.05, 4.69) is 10.6 Å². The molecule has 0 aromatic rings. The Hall–Kier alpha value is -0.710. The first-order valence-corrected chi connectivity index (χ1v) is 5.44. The molecule has 1 fully saturated rings. The lowest BCUT2D eigenvalue weighted by Gasteiger charge is -2.22. The van der Waals surface area contributed by atoms with Crippen molar-refractivity contribution in [3.63, 3.8) is 0 Å². The first-order valence-electron chi connectivity index (χ1n) is 5.44. The van der Waals surface area contributed by atoms with Crippen molar-refractivity contribution in [3.05, 3.63) is 0 Å². The molecule has 0 spiro atoms. The monoisotopic (exact) mass is 220 g/mol. The summed E-state index contributed by atoms with van der Waals surface area (Å²) in [7, 11) is 0. The van der Waals surface area contributed by atoms with Crippen molar-refractivity contribution in [2.45, 2.75) is 32.1 Å². The van der Waals surface area contributed by atoms with Crippen LogP contribution in [-0.2, 0) is 4.79 Å². The highest BCUT2D eigenvalue weighted by atomic mass is 19.3. The van der Waals surface area contributed by atoms with Crippen LogP contribution in [-0.4, -0.2) is 32.0 Å². The van der Waals surface area contributed by atoms with E-state index >= 15 is 0 Å². The molecular formula is C10H18F2N2O. The fraction of sp³-hybridized carbons (Fsp3) is 0.900. The minimum absolute atomic E-state index is 0.256. The molecule has 2 N–H and O–H groups in total. The molecule has 1 amide bonds. The van der Waals surface area contributed by atoms with Gasteiger partial charge in [0.25, 0.3) is 6.43 Å². The second-order valence-corrected chi connectivity index (χ2v) is 3.93. The predicted octanol–water partition coefficient (Wildman–Crippen LogP) is 1.15. The van der Waals surface area contributed by atoms with Gasteiger partial charge in [-0.05, 0) is 38.3 Å². The third-order valence-electron chi connectivity index (χ3n) is 2.69. The summed E-state index contributed by atoms with van der Waals surface area (Å²) in [6.45, 7) is 1.48. The van der Waals surface area contributed by atoms with Crippen molar-refractivity contribution in [2.75, 3.05) is 19.6 Å². The zero-order chi connectivity index (χ0) is 11.1. The summed E-state index contributed by atoms with van der Waals surface area (Å²) >= 11 is 0. The Bertz CT molecular complexity index is 194. The van der Waals surface area contributed by atoms with Gasteiger partial charge in [-0.3, -0.25) is 4.79 Å². The van der Waals surface area contributed by atoms with Gasteiger partial charge in [-0.25, -0.2) is 8.78 Å². The number of piperidine rings is 1. The van der Waals surface area contributed by atoms with Crippen LogP contribution >= 0.6 is 0 Å². The molecule has 5 heteroatoms. The summed E-state index contributed by atoms with van der Waals surface area (Å²) in [6.07, 6.45) is 0.908. The number of alkyl halides is 2. The molecule has 0 unspecified atom stereocenters. The summed E-state index contributed by atoms with van der Waals surface area (Å²) in [5, 5.41) is 5.46. The first kappa shape index (κ1) is 12.4.